The largest absolute Gasteiger partial charge is 0.480 e. The molecule has 1 aliphatic rings. The van der Waals surface area contributed by atoms with Crippen LogP contribution in [0.4, 0.5) is 0 Å². The van der Waals surface area contributed by atoms with E-state index in [0.29, 0.717) is 19.4 Å². The van der Waals surface area contributed by atoms with Crippen molar-refractivity contribution in [2.45, 2.75) is 31.8 Å². The van der Waals surface area contributed by atoms with Gasteiger partial charge < -0.3 is 10.0 Å². The molecule has 8 heteroatoms. The van der Waals surface area contributed by atoms with Crippen LogP contribution < -0.4 is 4.72 Å². The molecule has 1 aliphatic heterocycles. The van der Waals surface area contributed by atoms with Crippen molar-refractivity contribution in [1.29, 1.82) is 0 Å². The van der Waals surface area contributed by atoms with Gasteiger partial charge in [-0.05, 0) is 19.8 Å². The topological polar surface area (TPSA) is 104 Å². The first-order valence-corrected chi connectivity index (χ1v) is 7.12. The number of carboxylic acids is 1. The van der Waals surface area contributed by atoms with Crippen LogP contribution in [0, 0.1) is 0 Å². The van der Waals surface area contributed by atoms with E-state index in [4.69, 9.17) is 5.11 Å². The minimum atomic E-state index is -3.48. The minimum absolute atomic E-state index is 0.353. The van der Waals surface area contributed by atoms with Crippen molar-refractivity contribution < 1.29 is 23.1 Å². The van der Waals surface area contributed by atoms with E-state index >= 15 is 0 Å². The van der Waals surface area contributed by atoms with E-state index in [1.807, 2.05) is 0 Å². The van der Waals surface area contributed by atoms with E-state index in [0.717, 1.165) is 6.26 Å². The summed E-state index contributed by atoms with van der Waals surface area (Å²) in [6.45, 7) is 1.76. The molecule has 0 aromatic heterocycles. The van der Waals surface area contributed by atoms with E-state index < -0.39 is 34.0 Å². The molecular formula is C9H16N2O5S. The fraction of sp³-hybridized carbons (Fsp3) is 0.778. The molecule has 2 unspecified atom stereocenters. The van der Waals surface area contributed by atoms with Gasteiger partial charge in [-0.1, -0.05) is 0 Å². The third kappa shape index (κ3) is 3.67. The number of aliphatic carboxylic acids is 1. The maximum atomic E-state index is 11.9. The predicted octanol–water partition coefficient (Wildman–Crippen LogP) is -1.00. The first-order valence-electron chi connectivity index (χ1n) is 5.23. The average molecular weight is 264 g/mol. The lowest BCUT2D eigenvalue weighted by Gasteiger charge is -2.24. The van der Waals surface area contributed by atoms with Gasteiger partial charge in [0, 0.05) is 6.54 Å². The first-order chi connectivity index (χ1) is 7.72. The lowest BCUT2D eigenvalue weighted by Crippen LogP contribution is -2.50. The molecule has 1 heterocycles. The van der Waals surface area contributed by atoms with Gasteiger partial charge in [-0.3, -0.25) is 4.79 Å². The minimum Gasteiger partial charge on any atom is -0.480 e. The van der Waals surface area contributed by atoms with Crippen LogP contribution in [0.5, 0.6) is 0 Å². The lowest BCUT2D eigenvalue weighted by atomic mass is 10.2. The van der Waals surface area contributed by atoms with Gasteiger partial charge in [0.2, 0.25) is 15.9 Å². The van der Waals surface area contributed by atoms with Gasteiger partial charge in [0.1, 0.15) is 6.04 Å². The highest BCUT2D eigenvalue weighted by Crippen LogP contribution is 2.18. The van der Waals surface area contributed by atoms with Crippen LogP contribution in [-0.2, 0) is 19.6 Å². The van der Waals surface area contributed by atoms with Gasteiger partial charge in [-0.15, -0.1) is 0 Å². The molecule has 1 amide bonds. The summed E-state index contributed by atoms with van der Waals surface area (Å²) in [4.78, 5) is 24.0. The zero-order valence-corrected chi connectivity index (χ0v) is 10.5. The number of nitrogens with zero attached hydrogens (tertiary/aromatic N) is 1. The van der Waals surface area contributed by atoms with Crippen LogP contribution in [0.25, 0.3) is 0 Å². The summed E-state index contributed by atoms with van der Waals surface area (Å²) in [6.07, 6.45) is 1.98. The van der Waals surface area contributed by atoms with E-state index in [1.165, 1.54) is 11.8 Å². The number of rotatable bonds is 4. The molecule has 0 saturated carbocycles. The number of hydrogen-bond donors (Lipinski definition) is 2. The van der Waals surface area contributed by atoms with Crippen LogP contribution in [-0.4, -0.2) is 55.2 Å². The van der Waals surface area contributed by atoms with Crippen molar-refractivity contribution in [2.24, 2.45) is 0 Å². The van der Waals surface area contributed by atoms with Crippen molar-refractivity contribution in [3.05, 3.63) is 0 Å². The highest BCUT2D eigenvalue weighted by Gasteiger charge is 2.36. The van der Waals surface area contributed by atoms with Gasteiger partial charge in [0.05, 0.1) is 12.3 Å². The summed E-state index contributed by atoms with van der Waals surface area (Å²) in [5.74, 6) is -1.55. The normalized spacial score (nSPS) is 22.5. The molecule has 1 saturated heterocycles. The Morgan fingerprint density at radius 3 is 2.53 bits per heavy atom. The van der Waals surface area contributed by atoms with E-state index in [1.54, 1.807) is 0 Å². The number of carbonyl (C=O) groups excluding carboxylic acids is 1. The lowest BCUT2D eigenvalue weighted by molar-refractivity contribution is -0.148. The Bertz CT molecular complexity index is 419. The molecule has 98 valence electrons. The molecule has 1 fully saturated rings. The van der Waals surface area contributed by atoms with Crippen molar-refractivity contribution in [3.63, 3.8) is 0 Å². The summed E-state index contributed by atoms with van der Waals surface area (Å²) in [7, 11) is -3.48. The van der Waals surface area contributed by atoms with Gasteiger partial charge in [-0.2, -0.15) is 0 Å². The Morgan fingerprint density at radius 1 is 1.47 bits per heavy atom. The summed E-state index contributed by atoms with van der Waals surface area (Å²) in [5.41, 5.74) is 0. The average Bonchev–Trinajstić information content (AvgIpc) is 2.61. The number of sulfonamides is 1. The van der Waals surface area contributed by atoms with Crippen LogP contribution in [0.2, 0.25) is 0 Å². The third-order valence-electron chi connectivity index (χ3n) is 2.58. The molecule has 1 rings (SSSR count). The molecule has 0 radical (unpaired) electrons. The quantitative estimate of drug-likeness (QED) is 0.677. The van der Waals surface area contributed by atoms with Crippen LogP contribution in [0.15, 0.2) is 0 Å². The van der Waals surface area contributed by atoms with Crippen molar-refractivity contribution in [1.82, 2.24) is 9.62 Å². The summed E-state index contributed by atoms with van der Waals surface area (Å²) < 4.78 is 24.1. The summed E-state index contributed by atoms with van der Waals surface area (Å²) in [5, 5.41) is 8.91. The fourth-order valence-electron chi connectivity index (χ4n) is 1.91. The van der Waals surface area contributed by atoms with E-state index in [9.17, 15) is 18.0 Å². The number of carbonyl (C=O) groups is 2. The Labute approximate surface area is 99.8 Å². The molecule has 0 spiro atoms. The Balaban J connectivity index is 2.72. The molecular weight excluding hydrogens is 248 g/mol. The summed E-state index contributed by atoms with van der Waals surface area (Å²) in [6, 6.07) is -1.78. The number of nitrogens with one attached hydrogen (secondary N) is 1. The van der Waals surface area contributed by atoms with Gasteiger partial charge >= 0.3 is 5.97 Å². The standard InChI is InChI=1S/C9H16N2O5S/c1-6(10-17(2,15)16)8(12)11-5-3-4-7(11)9(13)14/h6-7,10H,3-5H2,1-2H3,(H,13,14). The number of amides is 1. The van der Waals surface area contributed by atoms with Crippen LogP contribution in [0.3, 0.4) is 0 Å². The molecule has 0 aromatic rings. The number of likely N-dealkylation sites (tertiary alicyclic amines) is 1. The first kappa shape index (κ1) is 13.9. The SMILES string of the molecule is CC(NS(C)(=O)=O)C(=O)N1CCCC1C(=O)O. The molecule has 0 bridgehead atoms. The highest BCUT2D eigenvalue weighted by molar-refractivity contribution is 7.88. The number of hydrogen-bond acceptors (Lipinski definition) is 4. The monoisotopic (exact) mass is 264 g/mol. The molecule has 7 nitrogen and oxygen atoms in total. The predicted molar refractivity (Wildman–Crippen MR) is 59.8 cm³/mol. The van der Waals surface area contributed by atoms with Crippen molar-refractivity contribution in [2.75, 3.05) is 12.8 Å². The molecule has 2 atom stereocenters. The van der Waals surface area contributed by atoms with Crippen LogP contribution in [0.1, 0.15) is 19.8 Å². The Hall–Kier alpha value is -1.15. The van der Waals surface area contributed by atoms with Gasteiger partial charge in [0.25, 0.3) is 0 Å². The Kier molecular flexibility index (Phi) is 4.10. The Morgan fingerprint density at radius 2 is 2.06 bits per heavy atom. The second kappa shape index (κ2) is 5.01. The van der Waals surface area contributed by atoms with Gasteiger partial charge in [-0.25, -0.2) is 17.9 Å². The van der Waals surface area contributed by atoms with E-state index in [-0.39, 0.29) is 0 Å². The molecule has 0 aromatic carbocycles. The maximum Gasteiger partial charge on any atom is 0.326 e. The number of carboxylic acid groups (broad SMARTS) is 1. The molecule has 17 heavy (non-hydrogen) atoms. The highest BCUT2D eigenvalue weighted by atomic mass is 32.2. The smallest absolute Gasteiger partial charge is 0.326 e. The summed E-state index contributed by atoms with van der Waals surface area (Å²) >= 11 is 0. The zero-order chi connectivity index (χ0) is 13.2. The van der Waals surface area contributed by atoms with Crippen LogP contribution >= 0.6 is 0 Å². The van der Waals surface area contributed by atoms with Gasteiger partial charge in [0.15, 0.2) is 0 Å². The zero-order valence-electron chi connectivity index (χ0n) is 9.71. The maximum absolute atomic E-state index is 11.9. The second-order valence-corrected chi connectivity index (χ2v) is 5.92. The molecule has 2 N–H and O–H groups in total. The second-order valence-electron chi connectivity index (χ2n) is 4.14. The molecule has 0 aliphatic carbocycles. The van der Waals surface area contributed by atoms with Crippen molar-refractivity contribution >= 4 is 21.9 Å². The van der Waals surface area contributed by atoms with E-state index in [2.05, 4.69) is 4.72 Å². The third-order valence-corrected chi connectivity index (χ3v) is 3.36. The van der Waals surface area contributed by atoms with Crippen molar-refractivity contribution in [3.8, 4) is 0 Å². The fourth-order valence-corrected chi connectivity index (χ4v) is 2.65.